The predicted molar refractivity (Wildman–Crippen MR) is 162 cm³/mol. The molecule has 0 aliphatic heterocycles. The summed E-state index contributed by atoms with van der Waals surface area (Å²) in [5.41, 5.74) is 5.01. The first kappa shape index (κ1) is 29.3. The maximum absolute atomic E-state index is 12.7. The van der Waals surface area contributed by atoms with Crippen molar-refractivity contribution >= 4 is 42.2 Å². The highest BCUT2D eigenvalue weighted by molar-refractivity contribution is 7.91. The van der Waals surface area contributed by atoms with E-state index >= 15 is 0 Å². The fraction of sp³-hybridized carbons (Fsp3) is 0.194. The van der Waals surface area contributed by atoms with Crippen LogP contribution in [0.4, 0.5) is 0 Å². The van der Waals surface area contributed by atoms with E-state index in [9.17, 15) is 21.9 Å². The van der Waals surface area contributed by atoms with Gasteiger partial charge in [-0.25, -0.2) is 16.8 Å². The fourth-order valence-electron chi connectivity index (χ4n) is 4.56. The molecule has 0 aliphatic carbocycles. The summed E-state index contributed by atoms with van der Waals surface area (Å²) in [5, 5.41) is 14.0. The van der Waals surface area contributed by atoms with Crippen molar-refractivity contribution in [3.05, 3.63) is 107 Å². The first-order valence-electron chi connectivity index (χ1n) is 12.9. The average molecular weight is 604 g/mol. The largest absolute Gasteiger partial charge is 0.388 e. The second-order valence-electron chi connectivity index (χ2n) is 10.5. The topological polar surface area (TPSA) is 140 Å². The number of aliphatic hydroxyl groups excluding tert-OH is 1. The van der Waals surface area contributed by atoms with E-state index in [4.69, 9.17) is 4.52 Å². The number of nitrogens with zero attached hydrogens (tertiary/aromatic N) is 3. The zero-order chi connectivity index (χ0) is 30.3. The highest BCUT2D eigenvalue weighted by Crippen LogP contribution is 2.37. The second kappa shape index (κ2) is 10.9. The van der Waals surface area contributed by atoms with Crippen molar-refractivity contribution in [1.29, 1.82) is 0 Å². The van der Waals surface area contributed by atoms with Crippen molar-refractivity contribution in [2.24, 2.45) is 0 Å². The molecule has 0 radical (unpaired) electrons. The summed E-state index contributed by atoms with van der Waals surface area (Å²) in [7, 11) is -6.84. The maximum atomic E-state index is 12.7. The molecule has 3 aromatic carbocycles. The van der Waals surface area contributed by atoms with Crippen LogP contribution in [-0.2, 0) is 31.0 Å². The van der Waals surface area contributed by atoms with Crippen LogP contribution in [0.3, 0.4) is 0 Å². The molecule has 0 saturated carbocycles. The molecule has 0 saturated heterocycles. The molecule has 216 valence electrons. The smallest absolute Gasteiger partial charge is 0.251 e. The van der Waals surface area contributed by atoms with Gasteiger partial charge in [0.05, 0.1) is 15.2 Å². The molecule has 1 N–H and O–H groups in total. The number of aromatic nitrogens is 3. The minimum Gasteiger partial charge on any atom is -0.388 e. The molecule has 0 fully saturated rings. The third-order valence-electron chi connectivity index (χ3n) is 7.30. The monoisotopic (exact) mass is 603 g/mol. The first-order chi connectivity index (χ1) is 19.8. The SMILES string of the molecule is CC(C)(c1cc(-c2cccc(/C(=C/c3nc(CO)no3)c3ccc(S(C)(=O)=O)cc3)c2)c2ncccc2c1)S(C)(=O)=O. The molecule has 0 bridgehead atoms. The van der Waals surface area contributed by atoms with Gasteiger partial charge in [-0.05, 0) is 78.1 Å². The molecule has 11 heteroatoms. The standard InChI is InChI=1S/C31H29N3O6S2/c1-31(2,42(4,38)39)24-16-23-9-6-14-32-30(23)27(17-24)22-8-5-7-21(15-22)26(18-29-33-28(19-35)34-40-29)20-10-12-25(13-11-20)41(3,36)37/h5-18,35H,19H2,1-4H3/b26-18+. The van der Waals surface area contributed by atoms with Crippen LogP contribution in [0, 0.1) is 0 Å². The van der Waals surface area contributed by atoms with Gasteiger partial charge in [0.1, 0.15) is 6.61 Å². The number of benzene rings is 3. The second-order valence-corrected chi connectivity index (χ2v) is 15.1. The normalized spacial score (nSPS) is 13.0. The Bertz CT molecular complexity index is 2050. The predicted octanol–water partition coefficient (Wildman–Crippen LogP) is 5.05. The summed E-state index contributed by atoms with van der Waals surface area (Å²) < 4.78 is 53.7. The van der Waals surface area contributed by atoms with E-state index in [-0.39, 0.29) is 23.2 Å². The highest BCUT2D eigenvalue weighted by Gasteiger charge is 2.33. The molecule has 5 aromatic rings. The Balaban J connectivity index is 1.71. The van der Waals surface area contributed by atoms with Crippen LogP contribution >= 0.6 is 0 Å². The number of sulfone groups is 2. The van der Waals surface area contributed by atoms with Crippen LogP contribution in [-0.4, -0.2) is 49.6 Å². The summed E-state index contributed by atoms with van der Waals surface area (Å²) in [6, 6.07) is 21.5. The lowest BCUT2D eigenvalue weighted by Gasteiger charge is -2.24. The molecule has 0 spiro atoms. The Morgan fingerprint density at radius 2 is 1.67 bits per heavy atom. The van der Waals surface area contributed by atoms with Crippen molar-refractivity contribution in [3.8, 4) is 11.1 Å². The van der Waals surface area contributed by atoms with E-state index < -0.39 is 24.4 Å². The van der Waals surface area contributed by atoms with E-state index in [1.807, 2.05) is 48.5 Å². The summed E-state index contributed by atoms with van der Waals surface area (Å²) in [5.74, 6) is 0.292. The lowest BCUT2D eigenvalue weighted by molar-refractivity contribution is 0.263. The number of pyridine rings is 1. The molecule has 0 atom stereocenters. The Hall–Kier alpha value is -4.19. The molecule has 9 nitrogen and oxygen atoms in total. The number of hydrogen-bond donors (Lipinski definition) is 1. The van der Waals surface area contributed by atoms with Crippen molar-refractivity contribution in [3.63, 3.8) is 0 Å². The van der Waals surface area contributed by atoms with Gasteiger partial charge in [0.15, 0.2) is 25.5 Å². The number of aliphatic hydroxyl groups is 1. The van der Waals surface area contributed by atoms with Gasteiger partial charge < -0.3 is 9.63 Å². The van der Waals surface area contributed by atoms with Crippen LogP contribution in [0.1, 0.15) is 42.3 Å². The minimum atomic E-state index is -3.44. The van der Waals surface area contributed by atoms with Gasteiger partial charge in [-0.1, -0.05) is 41.6 Å². The first-order valence-corrected chi connectivity index (χ1v) is 16.7. The number of fused-ring (bicyclic) bond motifs is 1. The third kappa shape index (κ3) is 5.76. The molecule has 0 unspecified atom stereocenters. The number of hydrogen-bond acceptors (Lipinski definition) is 9. The highest BCUT2D eigenvalue weighted by atomic mass is 32.2. The Morgan fingerprint density at radius 1 is 0.929 bits per heavy atom. The lowest BCUT2D eigenvalue weighted by Crippen LogP contribution is -2.28. The summed E-state index contributed by atoms with van der Waals surface area (Å²) in [6.45, 7) is 2.99. The lowest BCUT2D eigenvalue weighted by atomic mass is 9.91. The molecular weight excluding hydrogens is 574 g/mol. The molecule has 0 aliphatic rings. The van der Waals surface area contributed by atoms with Gasteiger partial charge in [-0.15, -0.1) is 0 Å². The average Bonchev–Trinajstić information content (AvgIpc) is 3.42. The fourth-order valence-corrected chi connectivity index (χ4v) is 5.73. The molecular formula is C31H29N3O6S2. The summed E-state index contributed by atoms with van der Waals surface area (Å²) in [6.07, 6.45) is 5.74. The van der Waals surface area contributed by atoms with Crippen molar-refractivity contribution in [2.75, 3.05) is 12.5 Å². The third-order valence-corrected chi connectivity index (χ3v) is 10.5. The van der Waals surface area contributed by atoms with Gasteiger partial charge in [0, 0.05) is 35.7 Å². The van der Waals surface area contributed by atoms with E-state index in [1.54, 1.807) is 38.3 Å². The molecule has 2 heterocycles. The Morgan fingerprint density at radius 3 is 2.31 bits per heavy atom. The summed E-state index contributed by atoms with van der Waals surface area (Å²) >= 11 is 0. The van der Waals surface area contributed by atoms with Gasteiger partial charge in [-0.3, -0.25) is 4.98 Å². The van der Waals surface area contributed by atoms with Crippen molar-refractivity contribution < 1.29 is 26.5 Å². The summed E-state index contributed by atoms with van der Waals surface area (Å²) in [4.78, 5) is 8.99. The van der Waals surface area contributed by atoms with Gasteiger partial charge >= 0.3 is 0 Å². The van der Waals surface area contributed by atoms with Crippen molar-refractivity contribution in [1.82, 2.24) is 15.1 Å². The van der Waals surface area contributed by atoms with Crippen LogP contribution in [0.2, 0.25) is 0 Å². The van der Waals surface area contributed by atoms with E-state index in [0.717, 1.165) is 33.8 Å². The van der Waals surface area contributed by atoms with Crippen LogP contribution in [0.25, 0.3) is 33.7 Å². The quantitative estimate of drug-likeness (QED) is 0.258. The Labute approximate surface area is 244 Å². The molecule has 0 amide bonds. The molecule has 42 heavy (non-hydrogen) atoms. The van der Waals surface area contributed by atoms with Gasteiger partial charge in [0.25, 0.3) is 5.89 Å². The molecule has 5 rings (SSSR count). The van der Waals surface area contributed by atoms with E-state index in [2.05, 4.69) is 15.1 Å². The van der Waals surface area contributed by atoms with Crippen LogP contribution in [0.5, 0.6) is 0 Å². The van der Waals surface area contributed by atoms with Crippen LogP contribution in [0.15, 0.2) is 88.4 Å². The molecule has 2 aromatic heterocycles. The number of rotatable bonds is 8. The minimum absolute atomic E-state index is 0.129. The van der Waals surface area contributed by atoms with Gasteiger partial charge in [-0.2, -0.15) is 4.98 Å². The van der Waals surface area contributed by atoms with Crippen molar-refractivity contribution in [2.45, 2.75) is 30.1 Å². The Kier molecular flexibility index (Phi) is 7.61. The van der Waals surface area contributed by atoms with Crippen LogP contribution < -0.4 is 0 Å². The van der Waals surface area contributed by atoms with Gasteiger partial charge in [0.2, 0.25) is 0 Å². The van der Waals surface area contributed by atoms with E-state index in [0.29, 0.717) is 16.7 Å². The maximum Gasteiger partial charge on any atom is 0.251 e. The zero-order valence-corrected chi connectivity index (χ0v) is 25.1. The van der Waals surface area contributed by atoms with E-state index in [1.165, 1.54) is 18.4 Å². The zero-order valence-electron chi connectivity index (χ0n) is 23.4.